The number of hydrogen-bond donors (Lipinski definition) is 0. The van der Waals surface area contributed by atoms with Gasteiger partial charge in [0.2, 0.25) is 0 Å². The lowest BCUT2D eigenvalue weighted by Crippen LogP contribution is -2.30. The Bertz CT molecular complexity index is 500. The SMILES string of the molecule is CCCN1CCc2oc3ccccc3c2C1. The summed E-state index contributed by atoms with van der Waals surface area (Å²) in [5.74, 6) is 1.20. The zero-order chi connectivity index (χ0) is 11.0. The van der Waals surface area contributed by atoms with Gasteiger partial charge in [-0.3, -0.25) is 4.90 Å². The fourth-order valence-electron chi connectivity index (χ4n) is 2.59. The van der Waals surface area contributed by atoms with E-state index in [0.29, 0.717) is 0 Å². The monoisotopic (exact) mass is 215 g/mol. The van der Waals surface area contributed by atoms with Crippen molar-refractivity contribution < 1.29 is 4.42 Å². The summed E-state index contributed by atoms with van der Waals surface area (Å²) in [6.07, 6.45) is 2.29. The van der Waals surface area contributed by atoms with E-state index in [0.717, 1.165) is 25.1 Å². The molecule has 1 aromatic heterocycles. The zero-order valence-corrected chi connectivity index (χ0v) is 9.70. The summed E-state index contributed by atoms with van der Waals surface area (Å²) >= 11 is 0. The van der Waals surface area contributed by atoms with Gasteiger partial charge in [-0.1, -0.05) is 25.1 Å². The Kier molecular flexibility index (Phi) is 2.44. The van der Waals surface area contributed by atoms with Gasteiger partial charge < -0.3 is 4.42 Å². The molecule has 0 aliphatic carbocycles. The molecule has 0 amide bonds. The van der Waals surface area contributed by atoms with Crippen LogP contribution in [0.5, 0.6) is 0 Å². The van der Waals surface area contributed by atoms with Gasteiger partial charge in [0, 0.05) is 30.5 Å². The van der Waals surface area contributed by atoms with Crippen LogP contribution in [0, 0.1) is 0 Å². The summed E-state index contributed by atoms with van der Waals surface area (Å²) in [4.78, 5) is 2.52. The third-order valence-corrected chi connectivity index (χ3v) is 3.36. The second-order valence-electron chi connectivity index (χ2n) is 4.53. The summed E-state index contributed by atoms with van der Waals surface area (Å²) in [5.41, 5.74) is 2.46. The quantitative estimate of drug-likeness (QED) is 0.765. The highest BCUT2D eigenvalue weighted by Gasteiger charge is 2.21. The van der Waals surface area contributed by atoms with E-state index in [1.807, 2.05) is 6.07 Å². The third kappa shape index (κ3) is 1.54. The Balaban J connectivity index is 2.01. The number of rotatable bonds is 2. The minimum absolute atomic E-state index is 1.05. The van der Waals surface area contributed by atoms with Crippen LogP contribution in [0.4, 0.5) is 0 Å². The molecule has 0 spiro atoms. The van der Waals surface area contributed by atoms with Gasteiger partial charge in [0.25, 0.3) is 0 Å². The maximum Gasteiger partial charge on any atom is 0.134 e. The van der Waals surface area contributed by atoms with Crippen molar-refractivity contribution in [3.8, 4) is 0 Å². The standard InChI is InChI=1S/C14H17NO/c1-2-8-15-9-7-14-12(10-15)11-5-3-4-6-13(11)16-14/h3-6H,2,7-10H2,1H3. The van der Waals surface area contributed by atoms with E-state index in [1.165, 1.54) is 29.7 Å². The summed E-state index contributed by atoms with van der Waals surface area (Å²) in [6, 6.07) is 8.38. The fourth-order valence-corrected chi connectivity index (χ4v) is 2.59. The molecule has 0 atom stereocenters. The first-order chi connectivity index (χ1) is 7.88. The lowest BCUT2D eigenvalue weighted by Gasteiger charge is -2.25. The summed E-state index contributed by atoms with van der Waals surface area (Å²) in [6.45, 7) is 5.63. The molecule has 84 valence electrons. The summed E-state index contributed by atoms with van der Waals surface area (Å²) in [5, 5.41) is 1.30. The van der Waals surface area contributed by atoms with Crippen molar-refractivity contribution in [2.24, 2.45) is 0 Å². The summed E-state index contributed by atoms with van der Waals surface area (Å²) in [7, 11) is 0. The average molecular weight is 215 g/mol. The molecule has 0 unspecified atom stereocenters. The average Bonchev–Trinajstić information content (AvgIpc) is 2.68. The van der Waals surface area contributed by atoms with E-state index in [1.54, 1.807) is 0 Å². The minimum atomic E-state index is 1.05. The van der Waals surface area contributed by atoms with Gasteiger partial charge in [0.1, 0.15) is 11.3 Å². The minimum Gasteiger partial charge on any atom is -0.461 e. The van der Waals surface area contributed by atoms with Gasteiger partial charge in [-0.15, -0.1) is 0 Å². The molecule has 0 saturated heterocycles. The molecule has 0 N–H and O–H groups in total. The van der Waals surface area contributed by atoms with Crippen molar-refractivity contribution in [1.82, 2.24) is 4.90 Å². The normalized spacial score (nSPS) is 16.6. The second-order valence-corrected chi connectivity index (χ2v) is 4.53. The van der Waals surface area contributed by atoms with E-state index < -0.39 is 0 Å². The molecule has 1 aliphatic heterocycles. The molecule has 2 heterocycles. The number of para-hydroxylation sites is 1. The van der Waals surface area contributed by atoms with Crippen LogP contribution in [0.3, 0.4) is 0 Å². The van der Waals surface area contributed by atoms with Gasteiger partial charge in [-0.2, -0.15) is 0 Å². The fraction of sp³-hybridized carbons (Fsp3) is 0.429. The Morgan fingerprint density at radius 2 is 2.19 bits per heavy atom. The van der Waals surface area contributed by atoms with Crippen molar-refractivity contribution in [3.05, 3.63) is 35.6 Å². The highest BCUT2D eigenvalue weighted by atomic mass is 16.3. The van der Waals surface area contributed by atoms with Crippen LogP contribution in [0.25, 0.3) is 11.0 Å². The first kappa shape index (κ1) is 9.91. The molecular formula is C14H17NO. The van der Waals surface area contributed by atoms with Crippen LogP contribution in [0.1, 0.15) is 24.7 Å². The molecule has 0 saturated carbocycles. The second kappa shape index (κ2) is 3.95. The number of hydrogen-bond acceptors (Lipinski definition) is 2. The molecule has 1 aliphatic rings. The third-order valence-electron chi connectivity index (χ3n) is 3.36. The molecule has 2 heteroatoms. The molecular weight excluding hydrogens is 198 g/mol. The van der Waals surface area contributed by atoms with Gasteiger partial charge >= 0.3 is 0 Å². The van der Waals surface area contributed by atoms with Crippen LogP contribution >= 0.6 is 0 Å². The molecule has 16 heavy (non-hydrogen) atoms. The van der Waals surface area contributed by atoms with E-state index in [2.05, 4.69) is 30.0 Å². The number of fused-ring (bicyclic) bond motifs is 3. The lowest BCUT2D eigenvalue weighted by molar-refractivity contribution is 0.244. The van der Waals surface area contributed by atoms with E-state index in [9.17, 15) is 0 Å². The van der Waals surface area contributed by atoms with Gasteiger partial charge in [-0.25, -0.2) is 0 Å². The molecule has 2 aromatic rings. The molecule has 0 radical (unpaired) electrons. The first-order valence-electron chi connectivity index (χ1n) is 6.10. The van der Waals surface area contributed by atoms with Crippen LogP contribution in [-0.2, 0) is 13.0 Å². The summed E-state index contributed by atoms with van der Waals surface area (Å²) < 4.78 is 5.89. The van der Waals surface area contributed by atoms with E-state index in [-0.39, 0.29) is 0 Å². The maximum atomic E-state index is 5.89. The highest BCUT2D eigenvalue weighted by molar-refractivity contribution is 5.82. The van der Waals surface area contributed by atoms with Crippen LogP contribution in [-0.4, -0.2) is 18.0 Å². The Hall–Kier alpha value is -1.28. The smallest absolute Gasteiger partial charge is 0.134 e. The predicted octanol–water partition coefficient (Wildman–Crippen LogP) is 3.20. The molecule has 0 bridgehead atoms. The van der Waals surface area contributed by atoms with Crippen molar-refractivity contribution in [3.63, 3.8) is 0 Å². The first-order valence-corrected chi connectivity index (χ1v) is 6.10. The van der Waals surface area contributed by atoms with Crippen molar-refractivity contribution in [2.45, 2.75) is 26.3 Å². The van der Waals surface area contributed by atoms with Crippen LogP contribution < -0.4 is 0 Å². The van der Waals surface area contributed by atoms with Gasteiger partial charge in [0.15, 0.2) is 0 Å². The maximum absolute atomic E-state index is 5.89. The van der Waals surface area contributed by atoms with Crippen molar-refractivity contribution in [1.29, 1.82) is 0 Å². The molecule has 3 rings (SSSR count). The van der Waals surface area contributed by atoms with Crippen LogP contribution in [0.15, 0.2) is 28.7 Å². The van der Waals surface area contributed by atoms with E-state index >= 15 is 0 Å². The lowest BCUT2D eigenvalue weighted by atomic mass is 10.0. The molecule has 0 fully saturated rings. The van der Waals surface area contributed by atoms with Gasteiger partial charge in [0.05, 0.1) is 0 Å². The predicted molar refractivity (Wildman–Crippen MR) is 65.5 cm³/mol. The van der Waals surface area contributed by atoms with Crippen LogP contribution in [0.2, 0.25) is 0 Å². The number of nitrogens with zero attached hydrogens (tertiary/aromatic N) is 1. The zero-order valence-electron chi connectivity index (χ0n) is 9.70. The van der Waals surface area contributed by atoms with Crippen molar-refractivity contribution >= 4 is 11.0 Å². The number of furan rings is 1. The highest BCUT2D eigenvalue weighted by Crippen LogP contribution is 2.30. The Morgan fingerprint density at radius 1 is 1.31 bits per heavy atom. The topological polar surface area (TPSA) is 16.4 Å². The molecule has 2 nitrogen and oxygen atoms in total. The van der Waals surface area contributed by atoms with Gasteiger partial charge in [-0.05, 0) is 19.0 Å². The van der Waals surface area contributed by atoms with Crippen molar-refractivity contribution in [2.75, 3.05) is 13.1 Å². The Labute approximate surface area is 95.9 Å². The van der Waals surface area contributed by atoms with E-state index in [4.69, 9.17) is 4.42 Å². The molecule has 1 aromatic carbocycles. The Morgan fingerprint density at radius 3 is 3.06 bits per heavy atom. The largest absolute Gasteiger partial charge is 0.461 e. The number of benzene rings is 1.